The van der Waals surface area contributed by atoms with E-state index in [1.807, 2.05) is 32.9 Å². The highest BCUT2D eigenvalue weighted by Crippen LogP contribution is 2.27. The second kappa shape index (κ2) is 8.28. The Morgan fingerprint density at radius 2 is 1.48 bits per heavy atom. The van der Waals surface area contributed by atoms with Gasteiger partial charge in [-0.15, -0.1) is 0 Å². The quantitative estimate of drug-likeness (QED) is 0.799. The maximum Gasteiger partial charge on any atom is 0.255 e. The number of carbonyl (C=O) groups excluding carboxylic acids is 1. The van der Waals surface area contributed by atoms with Crippen LogP contribution in [0.1, 0.15) is 47.3 Å². The predicted molar refractivity (Wildman–Crippen MR) is 117 cm³/mol. The van der Waals surface area contributed by atoms with Crippen LogP contribution in [-0.2, 0) is 10.0 Å². The van der Waals surface area contributed by atoms with E-state index in [9.17, 15) is 13.2 Å². The van der Waals surface area contributed by atoms with E-state index in [-0.39, 0.29) is 10.8 Å². The summed E-state index contributed by atoms with van der Waals surface area (Å²) in [7, 11) is -3.55. The monoisotopic (exact) mass is 414 g/mol. The number of sulfonamides is 1. The van der Waals surface area contributed by atoms with Crippen molar-refractivity contribution in [3.63, 3.8) is 0 Å². The van der Waals surface area contributed by atoms with Crippen molar-refractivity contribution < 1.29 is 13.2 Å². The molecule has 6 heteroatoms. The molecule has 0 bridgehead atoms. The normalized spacial score (nSPS) is 20.4. The average Bonchev–Trinajstić information content (AvgIpc) is 2.63. The summed E-state index contributed by atoms with van der Waals surface area (Å²) in [5.41, 5.74) is 4.39. The molecule has 29 heavy (non-hydrogen) atoms. The van der Waals surface area contributed by atoms with Crippen molar-refractivity contribution >= 4 is 21.6 Å². The number of amides is 1. The molecule has 1 saturated heterocycles. The van der Waals surface area contributed by atoms with Crippen LogP contribution in [0.15, 0.2) is 41.3 Å². The highest BCUT2D eigenvalue weighted by molar-refractivity contribution is 7.89. The Labute approximate surface area is 174 Å². The second-order valence-corrected chi connectivity index (χ2v) is 10.5. The number of carbonyl (C=O) groups is 1. The molecule has 0 spiro atoms. The Kier molecular flexibility index (Phi) is 6.15. The largest absolute Gasteiger partial charge is 0.322 e. The first-order valence-corrected chi connectivity index (χ1v) is 11.5. The van der Waals surface area contributed by atoms with Crippen LogP contribution in [0, 0.1) is 32.6 Å². The average molecular weight is 415 g/mol. The second-order valence-electron chi connectivity index (χ2n) is 8.52. The van der Waals surface area contributed by atoms with Gasteiger partial charge in [0, 0.05) is 24.3 Å². The van der Waals surface area contributed by atoms with E-state index in [0.29, 0.717) is 30.5 Å². The van der Waals surface area contributed by atoms with Gasteiger partial charge in [-0.05, 0) is 74.4 Å². The molecule has 5 nitrogen and oxygen atoms in total. The third kappa shape index (κ3) is 4.70. The van der Waals surface area contributed by atoms with Crippen molar-refractivity contribution in [3.8, 4) is 0 Å². The van der Waals surface area contributed by atoms with E-state index in [1.165, 1.54) is 12.1 Å². The highest BCUT2D eigenvalue weighted by atomic mass is 32.2. The van der Waals surface area contributed by atoms with E-state index in [1.54, 1.807) is 16.4 Å². The molecule has 1 fully saturated rings. The Hall–Kier alpha value is -2.18. The highest BCUT2D eigenvalue weighted by Gasteiger charge is 2.31. The Morgan fingerprint density at radius 1 is 0.966 bits per heavy atom. The Morgan fingerprint density at radius 3 is 2.00 bits per heavy atom. The zero-order valence-corrected chi connectivity index (χ0v) is 18.6. The minimum absolute atomic E-state index is 0.234. The number of nitrogens with zero attached hydrogens (tertiary/aromatic N) is 1. The smallest absolute Gasteiger partial charge is 0.255 e. The van der Waals surface area contributed by atoms with Gasteiger partial charge in [0.15, 0.2) is 0 Å². The molecule has 0 radical (unpaired) electrons. The molecule has 156 valence electrons. The van der Waals surface area contributed by atoms with Crippen molar-refractivity contribution in [2.45, 2.75) is 45.9 Å². The van der Waals surface area contributed by atoms with Crippen LogP contribution in [-0.4, -0.2) is 31.7 Å². The molecule has 1 aliphatic heterocycles. The van der Waals surface area contributed by atoms with E-state index >= 15 is 0 Å². The van der Waals surface area contributed by atoms with Crippen LogP contribution in [0.5, 0.6) is 0 Å². The molecule has 0 aliphatic carbocycles. The lowest BCUT2D eigenvalue weighted by Crippen LogP contribution is -2.42. The number of rotatable bonds is 4. The van der Waals surface area contributed by atoms with Crippen molar-refractivity contribution in [3.05, 3.63) is 58.7 Å². The first-order valence-electron chi connectivity index (χ1n) is 10.1. The van der Waals surface area contributed by atoms with Gasteiger partial charge in [-0.3, -0.25) is 4.79 Å². The molecule has 0 saturated carbocycles. The van der Waals surface area contributed by atoms with Crippen molar-refractivity contribution in [2.24, 2.45) is 11.8 Å². The molecule has 1 N–H and O–H groups in total. The molecule has 2 aromatic carbocycles. The zero-order chi connectivity index (χ0) is 21.3. The molecule has 1 heterocycles. The number of nitrogens with one attached hydrogen (secondary N) is 1. The molecule has 1 aliphatic rings. The molecule has 0 aromatic heterocycles. The van der Waals surface area contributed by atoms with Gasteiger partial charge in [-0.25, -0.2) is 8.42 Å². The summed E-state index contributed by atoms with van der Waals surface area (Å²) in [5.74, 6) is 0.448. The van der Waals surface area contributed by atoms with E-state index < -0.39 is 10.0 Å². The van der Waals surface area contributed by atoms with Gasteiger partial charge in [0.2, 0.25) is 10.0 Å². The Balaban J connectivity index is 1.78. The van der Waals surface area contributed by atoms with Crippen LogP contribution in [0.2, 0.25) is 0 Å². The fraction of sp³-hybridized carbons (Fsp3) is 0.435. The van der Waals surface area contributed by atoms with Gasteiger partial charge in [0.25, 0.3) is 5.91 Å². The van der Waals surface area contributed by atoms with Crippen molar-refractivity contribution in [1.82, 2.24) is 4.31 Å². The van der Waals surface area contributed by atoms with Gasteiger partial charge in [0.05, 0.1) is 4.90 Å². The Bertz CT molecular complexity index is 980. The van der Waals surface area contributed by atoms with E-state index in [0.717, 1.165) is 28.8 Å². The number of hydrogen-bond donors (Lipinski definition) is 1. The molecule has 2 aromatic rings. The van der Waals surface area contributed by atoms with E-state index in [4.69, 9.17) is 0 Å². The SMILES string of the molecule is Cc1cc(C)c(NC(=O)c2ccc(S(=O)(=O)N3C[C@@H](C)C[C@H](C)C3)cc2)c(C)c1. The van der Waals surface area contributed by atoms with Gasteiger partial charge in [0.1, 0.15) is 0 Å². The molecule has 0 unspecified atom stereocenters. The summed E-state index contributed by atoms with van der Waals surface area (Å²) in [4.78, 5) is 12.9. The molecular formula is C23H30N2O3S. The third-order valence-electron chi connectivity index (χ3n) is 5.51. The van der Waals surface area contributed by atoms with Crippen LogP contribution < -0.4 is 5.32 Å². The summed E-state index contributed by atoms with van der Waals surface area (Å²) in [6.07, 6.45) is 1.04. The zero-order valence-electron chi connectivity index (χ0n) is 17.8. The predicted octanol–water partition coefficient (Wildman–Crippen LogP) is 4.53. The fourth-order valence-electron chi connectivity index (χ4n) is 4.29. The van der Waals surface area contributed by atoms with Crippen LogP contribution in [0.25, 0.3) is 0 Å². The first kappa shape index (κ1) is 21.5. The number of piperidine rings is 1. The van der Waals surface area contributed by atoms with Crippen molar-refractivity contribution in [2.75, 3.05) is 18.4 Å². The number of anilines is 1. The van der Waals surface area contributed by atoms with Gasteiger partial charge in [-0.1, -0.05) is 31.5 Å². The fourth-order valence-corrected chi connectivity index (χ4v) is 5.97. The lowest BCUT2D eigenvalue weighted by Gasteiger charge is -2.34. The molecular weight excluding hydrogens is 384 g/mol. The minimum Gasteiger partial charge on any atom is -0.322 e. The third-order valence-corrected chi connectivity index (χ3v) is 7.35. The topological polar surface area (TPSA) is 66.5 Å². The maximum absolute atomic E-state index is 13.0. The summed E-state index contributed by atoms with van der Waals surface area (Å²) in [6, 6.07) is 10.3. The standard InChI is InChI=1S/C23H30N2O3S/c1-15-11-18(4)22(19(5)12-15)24-23(26)20-6-8-21(9-7-20)29(27,28)25-13-16(2)10-17(3)14-25/h6-9,11-12,16-17H,10,13-14H2,1-5H3,(H,24,26)/t16-,17-/m0/s1. The minimum atomic E-state index is -3.55. The number of aryl methyl sites for hydroxylation is 3. The van der Waals surface area contributed by atoms with Crippen molar-refractivity contribution in [1.29, 1.82) is 0 Å². The maximum atomic E-state index is 13.0. The molecule has 2 atom stereocenters. The molecule has 3 rings (SSSR count). The van der Waals surface area contributed by atoms with Gasteiger partial charge < -0.3 is 5.32 Å². The summed E-state index contributed by atoms with van der Waals surface area (Å²) >= 11 is 0. The van der Waals surface area contributed by atoms with E-state index in [2.05, 4.69) is 19.2 Å². The lowest BCUT2D eigenvalue weighted by atomic mass is 9.94. The van der Waals surface area contributed by atoms with Crippen LogP contribution in [0.3, 0.4) is 0 Å². The summed E-state index contributed by atoms with van der Waals surface area (Å²) < 4.78 is 27.6. The van der Waals surface area contributed by atoms with Crippen LogP contribution >= 0.6 is 0 Å². The number of benzene rings is 2. The number of hydrogen-bond acceptors (Lipinski definition) is 3. The summed E-state index contributed by atoms with van der Waals surface area (Å²) in [5, 5.41) is 2.96. The van der Waals surface area contributed by atoms with Gasteiger partial charge in [-0.2, -0.15) is 4.31 Å². The van der Waals surface area contributed by atoms with Crippen LogP contribution in [0.4, 0.5) is 5.69 Å². The van der Waals surface area contributed by atoms with Gasteiger partial charge >= 0.3 is 0 Å². The first-order chi connectivity index (χ1) is 13.6. The summed E-state index contributed by atoms with van der Waals surface area (Å²) in [6.45, 7) is 11.2. The molecule has 1 amide bonds. The lowest BCUT2D eigenvalue weighted by molar-refractivity contribution is 0.102.